The van der Waals surface area contributed by atoms with Gasteiger partial charge in [0.25, 0.3) is 0 Å². The van der Waals surface area contributed by atoms with E-state index in [0.29, 0.717) is 0 Å². The van der Waals surface area contributed by atoms with E-state index in [1.54, 1.807) is 18.2 Å². The molecule has 0 spiro atoms. The number of benzene rings is 1. The molecule has 0 unspecified atom stereocenters. The van der Waals surface area contributed by atoms with E-state index in [-0.39, 0.29) is 25.5 Å². The molecule has 104 valence electrons. The largest absolute Gasteiger partial charge is 0.384 e. The minimum absolute atomic E-state index is 0.0620. The second-order valence-corrected chi connectivity index (χ2v) is 5.72. The van der Waals surface area contributed by atoms with E-state index in [9.17, 15) is 8.42 Å². The molecule has 19 heavy (non-hydrogen) atoms. The summed E-state index contributed by atoms with van der Waals surface area (Å²) in [6.45, 7) is 0.173. The van der Waals surface area contributed by atoms with Crippen LogP contribution in [0.15, 0.2) is 24.3 Å². The number of rotatable bonds is 6. The molecule has 6 heteroatoms. The molecule has 1 rings (SSSR count). The predicted octanol–water partition coefficient (Wildman–Crippen LogP) is 0.0962. The fraction of sp³-hybridized carbons (Fsp3) is 0.385. The SMILES string of the molecule is COCCS(=O)(=O)NCc1cccc(C#CCO)c1. The third kappa shape index (κ3) is 6.36. The van der Waals surface area contributed by atoms with Crippen LogP contribution >= 0.6 is 0 Å². The zero-order valence-corrected chi connectivity index (χ0v) is 11.5. The average molecular weight is 283 g/mol. The molecule has 0 aliphatic carbocycles. The van der Waals surface area contributed by atoms with E-state index in [4.69, 9.17) is 9.84 Å². The lowest BCUT2D eigenvalue weighted by Crippen LogP contribution is -2.27. The van der Waals surface area contributed by atoms with Gasteiger partial charge in [-0.1, -0.05) is 24.0 Å². The van der Waals surface area contributed by atoms with Gasteiger partial charge >= 0.3 is 0 Å². The lowest BCUT2D eigenvalue weighted by Gasteiger charge is -2.06. The van der Waals surface area contributed by atoms with Crippen molar-refractivity contribution in [2.45, 2.75) is 6.54 Å². The molecule has 0 fully saturated rings. The topological polar surface area (TPSA) is 75.6 Å². The Morgan fingerprint density at radius 3 is 2.89 bits per heavy atom. The zero-order valence-electron chi connectivity index (χ0n) is 10.7. The van der Waals surface area contributed by atoms with Gasteiger partial charge in [-0.3, -0.25) is 0 Å². The average Bonchev–Trinajstić information content (AvgIpc) is 2.41. The van der Waals surface area contributed by atoms with Crippen molar-refractivity contribution in [3.05, 3.63) is 35.4 Å². The number of aliphatic hydroxyl groups excluding tert-OH is 1. The van der Waals surface area contributed by atoms with Crippen molar-refractivity contribution in [3.63, 3.8) is 0 Å². The van der Waals surface area contributed by atoms with Crippen LogP contribution in [0.2, 0.25) is 0 Å². The maximum atomic E-state index is 11.6. The van der Waals surface area contributed by atoms with E-state index < -0.39 is 10.0 Å². The fourth-order valence-corrected chi connectivity index (χ4v) is 2.28. The van der Waals surface area contributed by atoms with Crippen molar-refractivity contribution >= 4 is 10.0 Å². The Hall–Kier alpha value is -1.39. The summed E-state index contributed by atoms with van der Waals surface area (Å²) in [4.78, 5) is 0. The fourth-order valence-electron chi connectivity index (χ4n) is 1.36. The van der Waals surface area contributed by atoms with Crippen LogP contribution in [0.1, 0.15) is 11.1 Å². The third-order valence-corrected chi connectivity index (χ3v) is 3.58. The Balaban J connectivity index is 2.63. The molecule has 1 aromatic carbocycles. The first-order valence-corrected chi connectivity index (χ1v) is 7.37. The Kier molecular flexibility index (Phi) is 6.53. The molecular formula is C13H17NO4S. The lowest BCUT2D eigenvalue weighted by atomic mass is 10.1. The van der Waals surface area contributed by atoms with Gasteiger partial charge in [-0.2, -0.15) is 0 Å². The highest BCUT2D eigenvalue weighted by molar-refractivity contribution is 7.89. The maximum Gasteiger partial charge on any atom is 0.214 e. The van der Waals surface area contributed by atoms with Gasteiger partial charge in [-0.15, -0.1) is 0 Å². The summed E-state index contributed by atoms with van der Waals surface area (Å²) in [6, 6.07) is 7.18. The minimum atomic E-state index is -3.32. The van der Waals surface area contributed by atoms with Gasteiger partial charge in [0, 0.05) is 19.2 Å². The van der Waals surface area contributed by atoms with Crippen molar-refractivity contribution in [1.82, 2.24) is 4.72 Å². The van der Waals surface area contributed by atoms with Gasteiger partial charge in [0.05, 0.1) is 12.4 Å². The van der Waals surface area contributed by atoms with Crippen LogP contribution < -0.4 is 4.72 Å². The van der Waals surface area contributed by atoms with Gasteiger partial charge in [-0.05, 0) is 17.7 Å². The summed E-state index contributed by atoms with van der Waals surface area (Å²) in [5.74, 6) is 5.25. The van der Waals surface area contributed by atoms with E-state index in [1.165, 1.54) is 7.11 Å². The second kappa shape index (κ2) is 7.92. The first-order chi connectivity index (χ1) is 9.07. The van der Waals surface area contributed by atoms with E-state index in [2.05, 4.69) is 16.6 Å². The molecule has 0 heterocycles. The third-order valence-electron chi connectivity index (χ3n) is 2.29. The summed E-state index contributed by atoms with van der Waals surface area (Å²) in [7, 11) is -1.87. The number of hydrogen-bond donors (Lipinski definition) is 2. The molecule has 1 aromatic rings. The summed E-state index contributed by atoms with van der Waals surface area (Å²) < 4.78 is 30.4. The van der Waals surface area contributed by atoms with Crippen LogP contribution in [0.3, 0.4) is 0 Å². The van der Waals surface area contributed by atoms with Gasteiger partial charge < -0.3 is 9.84 Å². The van der Waals surface area contributed by atoms with Crippen molar-refractivity contribution in [1.29, 1.82) is 0 Å². The molecular weight excluding hydrogens is 266 g/mol. The number of aliphatic hydroxyl groups is 1. The lowest BCUT2D eigenvalue weighted by molar-refractivity contribution is 0.217. The van der Waals surface area contributed by atoms with Crippen LogP contribution in [0.4, 0.5) is 0 Å². The van der Waals surface area contributed by atoms with Crippen molar-refractivity contribution in [3.8, 4) is 11.8 Å². The summed E-state index contributed by atoms with van der Waals surface area (Å²) in [5.41, 5.74) is 1.55. The standard InChI is InChI=1S/C13H17NO4S/c1-18-8-9-19(16,17)14-11-13-5-2-4-12(10-13)6-3-7-15/h2,4-5,10,14-15H,7-9,11H2,1H3. The van der Waals surface area contributed by atoms with Gasteiger partial charge in [0.1, 0.15) is 6.61 Å². The normalized spacial score (nSPS) is 10.8. The van der Waals surface area contributed by atoms with Crippen LogP contribution in [-0.2, 0) is 21.3 Å². The van der Waals surface area contributed by atoms with Crippen LogP contribution in [0, 0.1) is 11.8 Å². The molecule has 0 saturated heterocycles. The summed E-state index contributed by atoms with van der Waals surface area (Å²) >= 11 is 0. The second-order valence-electron chi connectivity index (χ2n) is 3.79. The maximum absolute atomic E-state index is 11.6. The highest BCUT2D eigenvalue weighted by atomic mass is 32.2. The Morgan fingerprint density at radius 1 is 1.42 bits per heavy atom. The summed E-state index contributed by atoms with van der Waals surface area (Å²) in [6.07, 6.45) is 0. The Bertz CT molecular complexity index is 557. The van der Waals surface area contributed by atoms with E-state index in [1.807, 2.05) is 6.07 Å². The molecule has 0 aliphatic rings. The summed E-state index contributed by atoms with van der Waals surface area (Å²) in [5, 5.41) is 8.61. The Labute approximate surface area is 113 Å². The molecule has 0 bridgehead atoms. The minimum Gasteiger partial charge on any atom is -0.384 e. The number of nitrogens with one attached hydrogen (secondary N) is 1. The highest BCUT2D eigenvalue weighted by Gasteiger charge is 2.09. The molecule has 0 atom stereocenters. The van der Waals surface area contributed by atoms with Crippen molar-refractivity contribution in [2.75, 3.05) is 26.1 Å². The monoisotopic (exact) mass is 283 g/mol. The smallest absolute Gasteiger partial charge is 0.214 e. The zero-order chi connectivity index (χ0) is 14.1. The van der Waals surface area contributed by atoms with Crippen LogP contribution in [-0.4, -0.2) is 39.6 Å². The molecule has 0 aliphatic heterocycles. The van der Waals surface area contributed by atoms with Gasteiger partial charge in [-0.25, -0.2) is 13.1 Å². The number of ether oxygens (including phenoxy) is 1. The molecule has 2 N–H and O–H groups in total. The van der Waals surface area contributed by atoms with Gasteiger partial charge in [0.2, 0.25) is 10.0 Å². The first kappa shape index (κ1) is 15.7. The van der Waals surface area contributed by atoms with E-state index >= 15 is 0 Å². The van der Waals surface area contributed by atoms with Crippen molar-refractivity contribution in [2.24, 2.45) is 0 Å². The predicted molar refractivity (Wildman–Crippen MR) is 72.9 cm³/mol. The van der Waals surface area contributed by atoms with Crippen LogP contribution in [0.5, 0.6) is 0 Å². The molecule has 5 nitrogen and oxygen atoms in total. The van der Waals surface area contributed by atoms with Crippen LogP contribution in [0.25, 0.3) is 0 Å². The molecule has 0 saturated carbocycles. The first-order valence-electron chi connectivity index (χ1n) is 5.72. The molecule has 0 aromatic heterocycles. The van der Waals surface area contributed by atoms with E-state index in [0.717, 1.165) is 11.1 Å². The number of sulfonamides is 1. The quantitative estimate of drug-likeness (QED) is 0.726. The molecule has 0 radical (unpaired) electrons. The molecule has 0 amide bonds. The van der Waals surface area contributed by atoms with Gasteiger partial charge in [0.15, 0.2) is 0 Å². The Morgan fingerprint density at radius 2 is 2.21 bits per heavy atom. The number of hydrogen-bond acceptors (Lipinski definition) is 4. The highest BCUT2D eigenvalue weighted by Crippen LogP contribution is 2.04. The van der Waals surface area contributed by atoms with Crippen molar-refractivity contribution < 1.29 is 18.3 Å². The number of methoxy groups -OCH3 is 1.